The van der Waals surface area contributed by atoms with Gasteiger partial charge in [-0.1, -0.05) is 6.92 Å². The van der Waals surface area contributed by atoms with E-state index in [0.29, 0.717) is 31.1 Å². The lowest BCUT2D eigenvalue weighted by Crippen LogP contribution is -2.52. The summed E-state index contributed by atoms with van der Waals surface area (Å²) < 4.78 is 40.2. The highest BCUT2D eigenvalue weighted by Gasteiger charge is 2.35. The molecule has 2 atom stereocenters. The fraction of sp³-hybridized carbons (Fsp3) is 0.571. The lowest BCUT2D eigenvalue weighted by Gasteiger charge is -2.39. The van der Waals surface area contributed by atoms with Crippen molar-refractivity contribution in [3.63, 3.8) is 0 Å². The third kappa shape index (κ3) is 4.35. The highest BCUT2D eigenvalue weighted by molar-refractivity contribution is 5.91. The minimum absolute atomic E-state index is 0.0456. The molecular formula is C21H26F3N5O. The summed E-state index contributed by atoms with van der Waals surface area (Å²) in [6, 6.07) is 2.50. The normalized spacial score (nSPS) is 23.4. The number of benzene rings is 1. The van der Waals surface area contributed by atoms with E-state index in [4.69, 9.17) is 0 Å². The molecule has 2 fully saturated rings. The number of nitrogens with zero attached hydrogens (tertiary/aromatic N) is 4. The van der Waals surface area contributed by atoms with Crippen LogP contribution in [0.5, 0.6) is 0 Å². The summed E-state index contributed by atoms with van der Waals surface area (Å²) in [5, 5.41) is 3.13. The molecule has 4 rings (SSSR count). The molecule has 1 aromatic carbocycles. The molecule has 0 unspecified atom stereocenters. The van der Waals surface area contributed by atoms with Gasteiger partial charge in [-0.25, -0.2) is 0 Å². The van der Waals surface area contributed by atoms with E-state index >= 15 is 0 Å². The van der Waals surface area contributed by atoms with Crippen molar-refractivity contribution in [1.82, 2.24) is 20.2 Å². The Labute approximate surface area is 173 Å². The highest BCUT2D eigenvalue weighted by Crippen LogP contribution is 2.37. The first kappa shape index (κ1) is 20.8. The Morgan fingerprint density at radius 2 is 1.83 bits per heavy atom. The van der Waals surface area contributed by atoms with Crippen molar-refractivity contribution in [2.24, 2.45) is 11.8 Å². The molecule has 0 aliphatic carbocycles. The number of carbonyl (C=O) groups is 1. The molecule has 30 heavy (non-hydrogen) atoms. The van der Waals surface area contributed by atoms with Gasteiger partial charge in [-0.15, -0.1) is 0 Å². The molecule has 1 amide bonds. The summed E-state index contributed by atoms with van der Waals surface area (Å²) in [6.45, 7) is 5.20. The third-order valence-corrected chi connectivity index (χ3v) is 5.89. The minimum Gasteiger partial charge on any atom is -0.367 e. The van der Waals surface area contributed by atoms with Crippen LogP contribution in [-0.2, 0) is 11.0 Å². The first-order chi connectivity index (χ1) is 14.2. The van der Waals surface area contributed by atoms with E-state index in [1.807, 2.05) is 11.9 Å². The summed E-state index contributed by atoms with van der Waals surface area (Å²) in [4.78, 5) is 24.8. The van der Waals surface area contributed by atoms with Gasteiger partial charge < -0.3 is 15.1 Å². The molecule has 9 heteroatoms. The van der Waals surface area contributed by atoms with Crippen LogP contribution in [0.15, 0.2) is 24.5 Å². The third-order valence-electron chi connectivity index (χ3n) is 5.89. The van der Waals surface area contributed by atoms with Crippen molar-refractivity contribution in [3.05, 3.63) is 30.1 Å². The quantitative estimate of drug-likeness (QED) is 0.823. The van der Waals surface area contributed by atoms with Gasteiger partial charge in [-0.2, -0.15) is 13.2 Å². The number of fused-ring (bicyclic) bond motifs is 1. The van der Waals surface area contributed by atoms with Crippen LogP contribution in [0.1, 0.15) is 25.3 Å². The number of hydrogen-bond donors (Lipinski definition) is 1. The molecule has 1 aromatic heterocycles. The van der Waals surface area contributed by atoms with E-state index < -0.39 is 11.7 Å². The molecule has 0 saturated carbocycles. The SMILES string of the molecule is C[C@H]1C[C@@H](NC(=O)CC2CN(C)C2)CN(c2ccc(C(F)(F)F)c3nccnc23)C1. The van der Waals surface area contributed by atoms with E-state index in [2.05, 4.69) is 27.1 Å². The number of alkyl halides is 3. The van der Waals surface area contributed by atoms with Gasteiger partial charge in [0.15, 0.2) is 0 Å². The van der Waals surface area contributed by atoms with Crippen molar-refractivity contribution in [1.29, 1.82) is 0 Å². The van der Waals surface area contributed by atoms with E-state index in [1.54, 1.807) is 0 Å². The van der Waals surface area contributed by atoms with Crippen LogP contribution in [0.2, 0.25) is 0 Å². The van der Waals surface area contributed by atoms with Crippen LogP contribution in [-0.4, -0.2) is 60.0 Å². The molecule has 1 N–H and O–H groups in total. The van der Waals surface area contributed by atoms with Crippen LogP contribution in [0.25, 0.3) is 11.0 Å². The molecule has 0 spiro atoms. The largest absolute Gasteiger partial charge is 0.418 e. The molecule has 2 saturated heterocycles. The Morgan fingerprint density at radius 1 is 1.13 bits per heavy atom. The number of amides is 1. The first-order valence-corrected chi connectivity index (χ1v) is 10.2. The average molecular weight is 421 g/mol. The summed E-state index contributed by atoms with van der Waals surface area (Å²) >= 11 is 0. The molecule has 2 aromatic rings. The van der Waals surface area contributed by atoms with Gasteiger partial charge in [0.2, 0.25) is 5.91 Å². The van der Waals surface area contributed by atoms with E-state index in [1.165, 1.54) is 18.5 Å². The standard InChI is InChI=1S/C21H26F3N5O/c1-13-7-15(27-18(30)8-14-10-28(2)11-14)12-29(9-13)17-4-3-16(21(22,23)24)19-20(17)26-6-5-25-19/h3-6,13-15H,7-12H2,1-2H3,(H,27,30)/t13-,15+/m0/s1. The van der Waals surface area contributed by atoms with Crippen LogP contribution in [0, 0.1) is 11.8 Å². The number of hydrogen-bond acceptors (Lipinski definition) is 5. The molecule has 0 bridgehead atoms. The molecule has 3 heterocycles. The van der Waals surface area contributed by atoms with Gasteiger partial charge in [0.1, 0.15) is 11.0 Å². The number of likely N-dealkylation sites (tertiary alicyclic amines) is 1. The fourth-order valence-corrected chi connectivity index (χ4v) is 4.69. The molecule has 162 valence electrons. The topological polar surface area (TPSA) is 61.4 Å². The Hall–Kier alpha value is -2.42. The van der Waals surface area contributed by atoms with Crippen LogP contribution < -0.4 is 10.2 Å². The van der Waals surface area contributed by atoms with Crippen molar-refractivity contribution >= 4 is 22.6 Å². The van der Waals surface area contributed by atoms with E-state index in [0.717, 1.165) is 25.6 Å². The number of halogens is 3. The average Bonchev–Trinajstić information content (AvgIpc) is 2.64. The molecular weight excluding hydrogens is 395 g/mol. The summed E-state index contributed by atoms with van der Waals surface area (Å²) in [7, 11) is 2.03. The lowest BCUT2D eigenvalue weighted by molar-refractivity contribution is -0.136. The number of rotatable bonds is 4. The van der Waals surface area contributed by atoms with Gasteiger partial charge in [0, 0.05) is 51.0 Å². The minimum atomic E-state index is -4.49. The molecule has 0 radical (unpaired) electrons. The Balaban J connectivity index is 1.53. The van der Waals surface area contributed by atoms with Crippen LogP contribution in [0.4, 0.5) is 18.9 Å². The smallest absolute Gasteiger partial charge is 0.367 e. The van der Waals surface area contributed by atoms with Crippen molar-refractivity contribution in [2.45, 2.75) is 32.0 Å². The Bertz CT molecular complexity index is 928. The zero-order chi connectivity index (χ0) is 21.5. The van der Waals surface area contributed by atoms with Gasteiger partial charge in [-0.3, -0.25) is 14.8 Å². The van der Waals surface area contributed by atoms with E-state index in [-0.39, 0.29) is 28.9 Å². The molecule has 2 aliphatic rings. The number of anilines is 1. The summed E-state index contributed by atoms with van der Waals surface area (Å²) in [5.74, 6) is 0.735. The molecule has 6 nitrogen and oxygen atoms in total. The van der Waals surface area contributed by atoms with Gasteiger partial charge >= 0.3 is 6.18 Å². The second-order valence-corrected chi connectivity index (χ2v) is 8.69. The van der Waals surface area contributed by atoms with Gasteiger partial charge in [0.05, 0.1) is 11.3 Å². The van der Waals surface area contributed by atoms with Gasteiger partial charge in [-0.05, 0) is 37.4 Å². The number of piperidine rings is 1. The second-order valence-electron chi connectivity index (χ2n) is 8.69. The summed E-state index contributed by atoms with van der Waals surface area (Å²) in [5.41, 5.74) is -0.0633. The molecule has 2 aliphatic heterocycles. The van der Waals surface area contributed by atoms with Crippen molar-refractivity contribution < 1.29 is 18.0 Å². The monoisotopic (exact) mass is 421 g/mol. The first-order valence-electron chi connectivity index (χ1n) is 10.2. The maximum absolute atomic E-state index is 13.4. The van der Waals surface area contributed by atoms with Crippen LogP contribution in [0.3, 0.4) is 0 Å². The highest BCUT2D eigenvalue weighted by atomic mass is 19.4. The van der Waals surface area contributed by atoms with Crippen molar-refractivity contribution in [3.8, 4) is 0 Å². The van der Waals surface area contributed by atoms with Crippen LogP contribution >= 0.6 is 0 Å². The fourth-order valence-electron chi connectivity index (χ4n) is 4.69. The second kappa shape index (κ2) is 8.02. The Morgan fingerprint density at radius 3 is 2.50 bits per heavy atom. The maximum atomic E-state index is 13.4. The number of nitrogens with one attached hydrogen (secondary N) is 1. The predicted octanol–water partition coefficient (Wildman–Crippen LogP) is 2.93. The summed E-state index contributed by atoms with van der Waals surface area (Å²) in [6.07, 6.45) is -0.440. The van der Waals surface area contributed by atoms with Crippen molar-refractivity contribution in [2.75, 3.05) is 38.1 Å². The predicted molar refractivity (Wildman–Crippen MR) is 108 cm³/mol. The number of aromatic nitrogens is 2. The maximum Gasteiger partial charge on any atom is 0.418 e. The zero-order valence-electron chi connectivity index (χ0n) is 17.1. The van der Waals surface area contributed by atoms with E-state index in [9.17, 15) is 18.0 Å². The van der Waals surface area contributed by atoms with Gasteiger partial charge in [0.25, 0.3) is 0 Å². The zero-order valence-corrected chi connectivity index (χ0v) is 17.1. The Kier molecular flexibility index (Phi) is 5.57. The lowest BCUT2D eigenvalue weighted by atomic mass is 9.93. The number of carbonyl (C=O) groups excluding carboxylic acids is 1.